The summed E-state index contributed by atoms with van der Waals surface area (Å²) in [6, 6.07) is 7.80. The van der Waals surface area contributed by atoms with Gasteiger partial charge in [-0.1, -0.05) is 13.3 Å². The number of nitrogens with one attached hydrogen (secondary N) is 2. The minimum absolute atomic E-state index is 0.210. The van der Waals surface area contributed by atoms with Crippen LogP contribution in [-0.2, 0) is 0 Å². The third-order valence-electron chi connectivity index (χ3n) is 2.51. The molecule has 19 heavy (non-hydrogen) atoms. The number of anilines is 1. The predicted molar refractivity (Wildman–Crippen MR) is 76.4 cm³/mol. The molecule has 1 amide bonds. The highest BCUT2D eigenvalue weighted by molar-refractivity contribution is 7.99. The standard InChI is InChI=1S/C13H16N4OS/c1-2-3-8-19-11-6-4-10(5-7-11)16-13(18)12-14-9-15-17-12/h4-7,9H,2-3,8H2,1H3,(H,16,18)(H,14,15,17). The van der Waals surface area contributed by atoms with Crippen LogP contribution in [0, 0.1) is 0 Å². The van der Waals surface area contributed by atoms with Gasteiger partial charge in [0.2, 0.25) is 5.82 Å². The quantitative estimate of drug-likeness (QED) is 0.628. The zero-order chi connectivity index (χ0) is 13.5. The van der Waals surface area contributed by atoms with E-state index in [1.165, 1.54) is 24.1 Å². The summed E-state index contributed by atoms with van der Waals surface area (Å²) < 4.78 is 0. The number of hydrogen-bond acceptors (Lipinski definition) is 4. The molecule has 0 unspecified atom stereocenters. The molecule has 0 atom stereocenters. The minimum Gasteiger partial charge on any atom is -0.319 e. The molecule has 0 saturated heterocycles. The van der Waals surface area contributed by atoms with Gasteiger partial charge in [0, 0.05) is 10.6 Å². The number of carbonyl (C=O) groups is 1. The molecule has 1 aromatic heterocycles. The number of hydrogen-bond donors (Lipinski definition) is 2. The smallest absolute Gasteiger partial charge is 0.292 e. The summed E-state index contributed by atoms with van der Waals surface area (Å²) in [5.74, 6) is 1.05. The molecule has 2 N–H and O–H groups in total. The first-order valence-corrected chi connectivity index (χ1v) is 7.17. The monoisotopic (exact) mass is 276 g/mol. The molecule has 2 rings (SSSR count). The maximum Gasteiger partial charge on any atom is 0.292 e. The summed E-state index contributed by atoms with van der Waals surface area (Å²) in [6.07, 6.45) is 3.73. The molecule has 6 heteroatoms. The lowest BCUT2D eigenvalue weighted by molar-refractivity contribution is 0.101. The van der Waals surface area contributed by atoms with Crippen molar-refractivity contribution in [2.45, 2.75) is 24.7 Å². The van der Waals surface area contributed by atoms with Gasteiger partial charge in [-0.05, 0) is 36.4 Å². The van der Waals surface area contributed by atoms with E-state index in [0.29, 0.717) is 0 Å². The first-order valence-electron chi connectivity index (χ1n) is 6.19. The summed E-state index contributed by atoms with van der Waals surface area (Å²) in [5.41, 5.74) is 0.751. The Balaban J connectivity index is 1.90. The van der Waals surface area contributed by atoms with Crippen molar-refractivity contribution in [3.8, 4) is 0 Å². The Morgan fingerprint density at radius 1 is 1.37 bits per heavy atom. The normalized spacial score (nSPS) is 10.4. The fraction of sp³-hybridized carbons (Fsp3) is 0.308. The first kappa shape index (κ1) is 13.6. The van der Waals surface area contributed by atoms with Gasteiger partial charge in [0.25, 0.3) is 5.91 Å². The molecule has 1 aromatic carbocycles. The maximum absolute atomic E-state index is 11.7. The van der Waals surface area contributed by atoms with Crippen molar-refractivity contribution >= 4 is 23.4 Å². The van der Waals surface area contributed by atoms with E-state index in [9.17, 15) is 4.79 Å². The molecular formula is C13H16N4OS. The number of unbranched alkanes of at least 4 members (excludes halogenated alkanes) is 1. The second-order valence-corrected chi connectivity index (χ2v) is 5.18. The van der Waals surface area contributed by atoms with Gasteiger partial charge in [0.15, 0.2) is 0 Å². The Labute approximate surface area is 116 Å². The fourth-order valence-corrected chi connectivity index (χ4v) is 2.47. The molecule has 0 aliphatic rings. The molecular weight excluding hydrogens is 260 g/mol. The molecule has 1 heterocycles. The van der Waals surface area contributed by atoms with Crippen LogP contribution in [0.1, 0.15) is 30.4 Å². The second-order valence-electron chi connectivity index (χ2n) is 4.01. The number of aromatic nitrogens is 3. The van der Waals surface area contributed by atoms with Crippen molar-refractivity contribution in [3.63, 3.8) is 0 Å². The van der Waals surface area contributed by atoms with Gasteiger partial charge in [-0.3, -0.25) is 9.89 Å². The van der Waals surface area contributed by atoms with Gasteiger partial charge in [-0.25, -0.2) is 4.98 Å². The predicted octanol–water partition coefficient (Wildman–Crippen LogP) is 2.95. The average molecular weight is 276 g/mol. The van der Waals surface area contributed by atoms with E-state index < -0.39 is 0 Å². The summed E-state index contributed by atoms with van der Waals surface area (Å²) in [6.45, 7) is 2.18. The number of H-pyrrole nitrogens is 1. The van der Waals surface area contributed by atoms with Gasteiger partial charge in [0.1, 0.15) is 6.33 Å². The number of nitrogens with zero attached hydrogens (tertiary/aromatic N) is 2. The minimum atomic E-state index is -0.288. The average Bonchev–Trinajstić information content (AvgIpc) is 2.95. The summed E-state index contributed by atoms with van der Waals surface area (Å²) in [4.78, 5) is 16.7. The molecule has 0 bridgehead atoms. The summed E-state index contributed by atoms with van der Waals surface area (Å²) in [5, 5.41) is 8.92. The molecule has 5 nitrogen and oxygen atoms in total. The highest BCUT2D eigenvalue weighted by Gasteiger charge is 2.08. The molecule has 100 valence electrons. The highest BCUT2D eigenvalue weighted by Crippen LogP contribution is 2.21. The Morgan fingerprint density at radius 3 is 2.79 bits per heavy atom. The van der Waals surface area contributed by atoms with Gasteiger partial charge in [0.05, 0.1) is 0 Å². The van der Waals surface area contributed by atoms with Crippen LogP contribution >= 0.6 is 11.8 Å². The van der Waals surface area contributed by atoms with Gasteiger partial charge >= 0.3 is 0 Å². The van der Waals surface area contributed by atoms with Crippen LogP contribution in [0.15, 0.2) is 35.5 Å². The third-order valence-corrected chi connectivity index (χ3v) is 3.61. The molecule has 0 saturated carbocycles. The number of aromatic amines is 1. The zero-order valence-corrected chi connectivity index (χ0v) is 11.5. The van der Waals surface area contributed by atoms with Crippen LogP contribution in [0.25, 0.3) is 0 Å². The first-order chi connectivity index (χ1) is 9.29. The van der Waals surface area contributed by atoms with E-state index >= 15 is 0 Å². The fourth-order valence-electron chi connectivity index (χ4n) is 1.47. The van der Waals surface area contributed by atoms with E-state index in [0.717, 1.165) is 11.4 Å². The zero-order valence-electron chi connectivity index (χ0n) is 10.7. The van der Waals surface area contributed by atoms with Crippen molar-refractivity contribution in [2.75, 3.05) is 11.1 Å². The number of amides is 1. The topological polar surface area (TPSA) is 70.7 Å². The lowest BCUT2D eigenvalue weighted by Gasteiger charge is -2.04. The lowest BCUT2D eigenvalue weighted by Crippen LogP contribution is -2.13. The van der Waals surface area contributed by atoms with Crippen LogP contribution in [-0.4, -0.2) is 26.8 Å². The summed E-state index contributed by atoms with van der Waals surface area (Å²) in [7, 11) is 0. The molecule has 0 spiro atoms. The summed E-state index contributed by atoms with van der Waals surface area (Å²) >= 11 is 1.83. The second kappa shape index (κ2) is 6.94. The van der Waals surface area contributed by atoms with Gasteiger partial charge < -0.3 is 5.32 Å². The van der Waals surface area contributed by atoms with Crippen molar-refractivity contribution < 1.29 is 4.79 Å². The van der Waals surface area contributed by atoms with Crippen molar-refractivity contribution in [3.05, 3.63) is 36.4 Å². The maximum atomic E-state index is 11.7. The van der Waals surface area contributed by atoms with Crippen molar-refractivity contribution in [1.82, 2.24) is 15.2 Å². The van der Waals surface area contributed by atoms with E-state index in [1.54, 1.807) is 0 Å². The number of rotatable bonds is 6. The molecule has 0 fully saturated rings. The van der Waals surface area contributed by atoms with Gasteiger partial charge in [-0.15, -0.1) is 11.8 Å². The Hall–Kier alpha value is -1.82. The lowest BCUT2D eigenvalue weighted by atomic mass is 10.3. The molecule has 0 aliphatic carbocycles. The van der Waals surface area contributed by atoms with Crippen molar-refractivity contribution in [2.24, 2.45) is 0 Å². The van der Waals surface area contributed by atoms with Crippen molar-refractivity contribution in [1.29, 1.82) is 0 Å². The molecule has 0 radical (unpaired) electrons. The number of carbonyl (C=O) groups excluding carboxylic acids is 1. The third kappa shape index (κ3) is 4.10. The molecule has 0 aliphatic heterocycles. The van der Waals surface area contributed by atoms with Gasteiger partial charge in [-0.2, -0.15) is 5.10 Å². The van der Waals surface area contributed by atoms with E-state index in [1.807, 2.05) is 36.0 Å². The Morgan fingerprint density at radius 2 is 2.16 bits per heavy atom. The Kier molecular flexibility index (Phi) is 4.97. The van der Waals surface area contributed by atoms with E-state index in [2.05, 4.69) is 27.4 Å². The Bertz CT molecular complexity index is 510. The van der Waals surface area contributed by atoms with Crippen LogP contribution in [0.2, 0.25) is 0 Å². The van der Waals surface area contributed by atoms with Crippen LogP contribution < -0.4 is 5.32 Å². The number of benzene rings is 1. The molecule has 2 aromatic rings. The largest absolute Gasteiger partial charge is 0.319 e. The van der Waals surface area contributed by atoms with Crippen LogP contribution in [0.4, 0.5) is 5.69 Å². The SMILES string of the molecule is CCCCSc1ccc(NC(=O)c2ncn[nH]2)cc1. The highest BCUT2D eigenvalue weighted by atomic mass is 32.2. The van der Waals surface area contributed by atoms with E-state index in [-0.39, 0.29) is 11.7 Å². The van der Waals surface area contributed by atoms with E-state index in [4.69, 9.17) is 0 Å². The van der Waals surface area contributed by atoms with Crippen LogP contribution in [0.5, 0.6) is 0 Å². The van der Waals surface area contributed by atoms with Crippen LogP contribution in [0.3, 0.4) is 0 Å². The number of thioether (sulfide) groups is 1.